The van der Waals surface area contributed by atoms with E-state index < -0.39 is 0 Å². The molecule has 0 spiro atoms. The van der Waals surface area contributed by atoms with Crippen molar-refractivity contribution in [2.45, 2.75) is 6.92 Å². The van der Waals surface area contributed by atoms with Crippen molar-refractivity contribution in [3.8, 4) is 0 Å². The number of hydrogen-bond acceptors (Lipinski definition) is 4. The highest BCUT2D eigenvalue weighted by molar-refractivity contribution is 6.31. The fourth-order valence-corrected chi connectivity index (χ4v) is 2.31. The fourth-order valence-electron chi connectivity index (χ4n) is 2.14. The van der Waals surface area contributed by atoms with Crippen LogP contribution in [0.15, 0.2) is 35.6 Å². The summed E-state index contributed by atoms with van der Waals surface area (Å²) in [6, 6.07) is 7.57. The first-order valence-corrected chi connectivity index (χ1v) is 6.63. The van der Waals surface area contributed by atoms with Crippen molar-refractivity contribution in [1.82, 2.24) is 4.98 Å². The minimum absolute atomic E-state index is 0.0551. The highest BCUT2D eigenvalue weighted by Crippen LogP contribution is 2.27. The predicted octanol–water partition coefficient (Wildman–Crippen LogP) is 2.71. The molecule has 0 saturated carbocycles. The number of amidine groups is 1. The molecule has 0 fully saturated rings. The molecule has 0 radical (unpaired) electrons. The van der Waals surface area contributed by atoms with E-state index in [2.05, 4.69) is 15.0 Å². The first kappa shape index (κ1) is 14.4. The Hall–Kier alpha value is -2.01. The average Bonchev–Trinajstić information content (AvgIpc) is 2.45. The smallest absolute Gasteiger partial charge is 0.143 e. The van der Waals surface area contributed by atoms with Crippen LogP contribution in [0.3, 0.4) is 0 Å². The first-order valence-electron chi connectivity index (χ1n) is 6.25. The van der Waals surface area contributed by atoms with E-state index in [9.17, 15) is 0 Å². The zero-order valence-electron chi connectivity index (χ0n) is 11.4. The summed E-state index contributed by atoms with van der Waals surface area (Å²) < 4.78 is 0. The molecule has 1 aromatic carbocycles. The van der Waals surface area contributed by atoms with Gasteiger partial charge in [0.05, 0.1) is 5.52 Å². The molecule has 1 unspecified atom stereocenters. The Morgan fingerprint density at radius 1 is 1.50 bits per heavy atom. The fraction of sp³-hybridized carbons (Fsp3) is 0.286. The molecule has 0 bridgehead atoms. The Morgan fingerprint density at radius 2 is 2.25 bits per heavy atom. The summed E-state index contributed by atoms with van der Waals surface area (Å²) in [7, 11) is 1.96. The van der Waals surface area contributed by atoms with Crippen molar-refractivity contribution in [3.05, 3.63) is 35.5 Å². The minimum Gasteiger partial charge on any atom is -0.409 e. The Morgan fingerprint density at radius 3 is 2.95 bits per heavy atom. The van der Waals surface area contributed by atoms with Gasteiger partial charge in [0, 0.05) is 41.8 Å². The molecule has 20 heavy (non-hydrogen) atoms. The molecule has 106 valence electrons. The van der Waals surface area contributed by atoms with Gasteiger partial charge in [0.1, 0.15) is 5.84 Å². The molecule has 1 heterocycles. The third-order valence-electron chi connectivity index (χ3n) is 3.26. The van der Waals surface area contributed by atoms with Gasteiger partial charge in [0.2, 0.25) is 0 Å². The number of benzene rings is 1. The van der Waals surface area contributed by atoms with Crippen molar-refractivity contribution >= 4 is 34.0 Å². The van der Waals surface area contributed by atoms with Crippen LogP contribution < -0.4 is 10.6 Å². The highest BCUT2D eigenvalue weighted by atomic mass is 35.5. The highest BCUT2D eigenvalue weighted by Gasteiger charge is 2.13. The monoisotopic (exact) mass is 292 g/mol. The lowest BCUT2D eigenvalue weighted by atomic mass is 10.1. The quantitative estimate of drug-likeness (QED) is 0.393. The average molecular weight is 293 g/mol. The van der Waals surface area contributed by atoms with Crippen molar-refractivity contribution in [2.75, 3.05) is 18.5 Å². The number of nitrogens with two attached hydrogens (primary N) is 1. The van der Waals surface area contributed by atoms with Gasteiger partial charge in [0.25, 0.3) is 0 Å². The lowest BCUT2D eigenvalue weighted by Gasteiger charge is -2.24. The predicted molar refractivity (Wildman–Crippen MR) is 82.6 cm³/mol. The molecule has 0 saturated heterocycles. The molecular formula is C14H17ClN4O. The van der Waals surface area contributed by atoms with Gasteiger partial charge in [-0.3, -0.25) is 4.98 Å². The summed E-state index contributed by atoms with van der Waals surface area (Å²) in [4.78, 5) is 6.37. The lowest BCUT2D eigenvalue weighted by Crippen LogP contribution is -2.32. The van der Waals surface area contributed by atoms with Gasteiger partial charge < -0.3 is 15.8 Å². The van der Waals surface area contributed by atoms with Gasteiger partial charge in [0.15, 0.2) is 0 Å². The van der Waals surface area contributed by atoms with Crippen molar-refractivity contribution in [3.63, 3.8) is 0 Å². The van der Waals surface area contributed by atoms with Crippen molar-refractivity contribution in [2.24, 2.45) is 16.8 Å². The lowest BCUT2D eigenvalue weighted by molar-refractivity contribution is 0.314. The van der Waals surface area contributed by atoms with Crippen molar-refractivity contribution in [1.29, 1.82) is 0 Å². The van der Waals surface area contributed by atoms with Crippen LogP contribution in [0, 0.1) is 5.92 Å². The third kappa shape index (κ3) is 2.93. The number of anilines is 1. The second kappa shape index (κ2) is 5.96. The number of oxime groups is 1. The normalized spacial score (nSPS) is 13.4. The summed E-state index contributed by atoms with van der Waals surface area (Å²) in [6.07, 6.45) is 1.75. The van der Waals surface area contributed by atoms with Gasteiger partial charge in [-0.15, -0.1) is 0 Å². The van der Waals surface area contributed by atoms with Crippen LogP contribution in [0.4, 0.5) is 5.69 Å². The minimum atomic E-state index is -0.0551. The molecule has 6 heteroatoms. The first-order chi connectivity index (χ1) is 9.52. The third-order valence-corrected chi connectivity index (χ3v) is 3.50. The molecule has 5 nitrogen and oxygen atoms in total. The zero-order valence-corrected chi connectivity index (χ0v) is 12.2. The number of pyridine rings is 1. The Kier molecular flexibility index (Phi) is 4.29. The largest absolute Gasteiger partial charge is 0.409 e. The molecule has 0 aliphatic rings. The molecule has 3 N–H and O–H groups in total. The van der Waals surface area contributed by atoms with Crippen LogP contribution in [0.1, 0.15) is 6.92 Å². The van der Waals surface area contributed by atoms with Crippen LogP contribution in [0.5, 0.6) is 0 Å². The van der Waals surface area contributed by atoms with Gasteiger partial charge in [-0.05, 0) is 24.3 Å². The van der Waals surface area contributed by atoms with Crippen LogP contribution in [-0.2, 0) is 0 Å². The molecule has 0 amide bonds. The standard InChI is InChI=1S/C14H17ClN4O/c1-9(14(16)18-20)8-19(2)13-5-6-17-12-7-10(15)3-4-11(12)13/h3-7,9,20H,8H2,1-2H3,(H2,16,18). The van der Waals surface area contributed by atoms with E-state index in [-0.39, 0.29) is 11.8 Å². The molecule has 2 aromatic rings. The van der Waals surface area contributed by atoms with Gasteiger partial charge >= 0.3 is 0 Å². The van der Waals surface area contributed by atoms with Crippen molar-refractivity contribution < 1.29 is 5.21 Å². The van der Waals surface area contributed by atoms with Gasteiger partial charge in [-0.1, -0.05) is 23.7 Å². The van der Waals surface area contributed by atoms with E-state index >= 15 is 0 Å². The van der Waals surface area contributed by atoms with E-state index in [1.54, 1.807) is 6.20 Å². The zero-order chi connectivity index (χ0) is 14.7. The van der Waals surface area contributed by atoms with E-state index in [1.807, 2.05) is 38.2 Å². The maximum absolute atomic E-state index is 8.71. The molecule has 0 aliphatic heterocycles. The maximum Gasteiger partial charge on any atom is 0.143 e. The number of fused-ring (bicyclic) bond motifs is 1. The van der Waals surface area contributed by atoms with Crippen LogP contribution in [0.25, 0.3) is 10.9 Å². The topological polar surface area (TPSA) is 74.7 Å². The molecule has 1 aromatic heterocycles. The summed E-state index contributed by atoms with van der Waals surface area (Å²) >= 11 is 5.98. The summed E-state index contributed by atoms with van der Waals surface area (Å²) in [5, 5.41) is 13.4. The van der Waals surface area contributed by atoms with Crippen LogP contribution in [0.2, 0.25) is 5.02 Å². The van der Waals surface area contributed by atoms with E-state index in [4.69, 9.17) is 22.5 Å². The number of halogens is 1. The number of hydrogen-bond donors (Lipinski definition) is 2. The molecule has 0 aliphatic carbocycles. The summed E-state index contributed by atoms with van der Waals surface area (Å²) in [5.41, 5.74) is 7.50. The number of rotatable bonds is 4. The number of nitrogens with zero attached hydrogens (tertiary/aromatic N) is 3. The summed E-state index contributed by atoms with van der Waals surface area (Å²) in [6.45, 7) is 2.55. The Bertz CT molecular complexity index is 644. The van der Waals surface area contributed by atoms with E-state index in [0.717, 1.165) is 16.6 Å². The summed E-state index contributed by atoms with van der Waals surface area (Å²) in [5.74, 6) is 0.166. The second-order valence-electron chi connectivity index (χ2n) is 4.80. The van der Waals surface area contributed by atoms with Gasteiger partial charge in [-0.25, -0.2) is 0 Å². The number of aromatic nitrogens is 1. The molecule has 1 atom stereocenters. The molecule has 2 rings (SSSR count). The van der Waals surface area contributed by atoms with E-state index in [1.165, 1.54) is 0 Å². The SMILES string of the molecule is CC(CN(C)c1ccnc2cc(Cl)ccc12)C(N)=NO. The van der Waals surface area contributed by atoms with E-state index in [0.29, 0.717) is 11.6 Å². The maximum atomic E-state index is 8.71. The van der Waals surface area contributed by atoms with Crippen LogP contribution >= 0.6 is 11.6 Å². The Labute approximate surface area is 122 Å². The second-order valence-corrected chi connectivity index (χ2v) is 5.23. The van der Waals surface area contributed by atoms with Gasteiger partial charge in [-0.2, -0.15) is 0 Å². The Balaban J connectivity index is 2.33. The molecular weight excluding hydrogens is 276 g/mol. The van der Waals surface area contributed by atoms with Crippen LogP contribution in [-0.4, -0.2) is 29.6 Å².